The van der Waals surface area contributed by atoms with Gasteiger partial charge in [-0.25, -0.2) is 4.79 Å². The van der Waals surface area contributed by atoms with Gasteiger partial charge in [0.2, 0.25) is 5.91 Å². The molecule has 9 heteroatoms. The van der Waals surface area contributed by atoms with Crippen molar-refractivity contribution in [3.63, 3.8) is 0 Å². The van der Waals surface area contributed by atoms with Gasteiger partial charge in [-0.05, 0) is 82.4 Å². The van der Waals surface area contributed by atoms with E-state index in [1.165, 1.54) is 0 Å². The van der Waals surface area contributed by atoms with Gasteiger partial charge in [-0.15, -0.1) is 10.2 Å². The third-order valence-corrected chi connectivity index (χ3v) is 8.63. The Morgan fingerprint density at radius 3 is 2.29 bits per heavy atom. The van der Waals surface area contributed by atoms with Crippen LogP contribution in [0.5, 0.6) is 0 Å². The van der Waals surface area contributed by atoms with Gasteiger partial charge >= 0.3 is 6.09 Å². The molecule has 0 spiro atoms. The SMILES string of the molecule is CCOC(=O)NC1(C)CCC(CC(=O)Nc2cc(-c3ccccc3)c(-c3ccc(C4(N)CC(C)(O)C4)cc3)nn2)CC1. The highest BCUT2D eigenvalue weighted by atomic mass is 16.5. The van der Waals surface area contributed by atoms with Crippen LogP contribution < -0.4 is 16.4 Å². The predicted octanol–water partition coefficient (Wildman–Crippen LogP) is 5.53. The number of carbonyl (C=O) groups excluding carboxylic acids is 2. The number of nitrogens with two attached hydrogens (primary N) is 1. The van der Waals surface area contributed by atoms with E-state index in [0.29, 0.717) is 37.4 Å². The maximum Gasteiger partial charge on any atom is 0.407 e. The first-order chi connectivity index (χ1) is 20.0. The minimum absolute atomic E-state index is 0.100. The third kappa shape index (κ3) is 6.79. The Kier molecular flexibility index (Phi) is 8.35. The Bertz CT molecular complexity index is 1410. The number of anilines is 1. The van der Waals surface area contributed by atoms with Crippen LogP contribution in [0.4, 0.5) is 10.6 Å². The summed E-state index contributed by atoms with van der Waals surface area (Å²) in [4.78, 5) is 24.9. The van der Waals surface area contributed by atoms with E-state index in [1.807, 2.05) is 74.5 Å². The Morgan fingerprint density at radius 1 is 1.00 bits per heavy atom. The number of nitrogens with one attached hydrogen (secondary N) is 2. The molecule has 2 amide bonds. The predicted molar refractivity (Wildman–Crippen MR) is 162 cm³/mol. The molecule has 5 N–H and O–H groups in total. The summed E-state index contributed by atoms with van der Waals surface area (Å²) < 4.78 is 5.04. The zero-order valence-corrected chi connectivity index (χ0v) is 24.7. The van der Waals surface area contributed by atoms with E-state index in [-0.39, 0.29) is 23.5 Å². The summed E-state index contributed by atoms with van der Waals surface area (Å²) in [6.07, 6.45) is 4.30. The number of nitrogens with zero attached hydrogens (tertiary/aromatic N) is 2. The molecule has 222 valence electrons. The summed E-state index contributed by atoms with van der Waals surface area (Å²) in [7, 11) is 0. The van der Waals surface area contributed by atoms with Gasteiger partial charge in [-0.2, -0.15) is 0 Å². The molecular weight excluding hydrogens is 530 g/mol. The molecule has 1 heterocycles. The molecule has 2 aliphatic carbocycles. The van der Waals surface area contributed by atoms with Gasteiger partial charge in [0.1, 0.15) is 5.69 Å². The molecule has 2 saturated carbocycles. The second-order valence-corrected chi connectivity index (χ2v) is 12.5. The summed E-state index contributed by atoms with van der Waals surface area (Å²) in [6.45, 7) is 5.97. The Balaban J connectivity index is 1.27. The number of ether oxygens (including phenoxy) is 1. The number of hydrogen-bond donors (Lipinski definition) is 4. The van der Waals surface area contributed by atoms with Crippen LogP contribution in [0.1, 0.15) is 71.3 Å². The molecule has 2 fully saturated rings. The average molecular weight is 572 g/mol. The first-order valence-corrected chi connectivity index (χ1v) is 14.8. The van der Waals surface area contributed by atoms with Gasteiger partial charge in [0.15, 0.2) is 5.82 Å². The number of carbonyl (C=O) groups is 2. The van der Waals surface area contributed by atoms with Gasteiger partial charge in [0.25, 0.3) is 0 Å². The lowest BCUT2D eigenvalue weighted by atomic mass is 9.63. The summed E-state index contributed by atoms with van der Waals surface area (Å²) in [5.74, 6) is 0.532. The highest BCUT2D eigenvalue weighted by Gasteiger charge is 2.49. The van der Waals surface area contributed by atoms with Crippen LogP contribution in [0.3, 0.4) is 0 Å². The van der Waals surface area contributed by atoms with E-state index in [9.17, 15) is 14.7 Å². The first kappa shape index (κ1) is 29.7. The average Bonchev–Trinajstić information content (AvgIpc) is 2.94. The van der Waals surface area contributed by atoms with Gasteiger partial charge < -0.3 is 26.2 Å². The number of rotatable bonds is 8. The second kappa shape index (κ2) is 11.8. The van der Waals surface area contributed by atoms with Crippen LogP contribution in [0.2, 0.25) is 0 Å². The summed E-state index contributed by atoms with van der Waals surface area (Å²) >= 11 is 0. The molecule has 5 rings (SSSR count). The molecule has 2 aromatic carbocycles. The molecule has 1 aromatic heterocycles. The fourth-order valence-electron chi connectivity index (χ4n) is 6.49. The fourth-order valence-corrected chi connectivity index (χ4v) is 6.49. The molecule has 9 nitrogen and oxygen atoms in total. The standard InChI is InChI=1S/C33H41N5O4/c1-4-42-30(40)36-31(2)16-14-22(15-17-31)18-28(39)35-27-19-26(23-8-6-5-7-9-23)29(38-37-27)24-10-12-25(13-11-24)33(34)20-32(3,41)21-33/h5-13,19,22,41H,4,14-18,20-21,34H2,1-3H3,(H,36,40)(H,35,37,39). The molecule has 0 saturated heterocycles. The lowest BCUT2D eigenvalue weighted by Gasteiger charge is -2.49. The third-order valence-electron chi connectivity index (χ3n) is 8.63. The fraction of sp³-hybridized carbons (Fsp3) is 0.455. The number of aromatic nitrogens is 2. The molecule has 0 bridgehead atoms. The van der Waals surface area contributed by atoms with Crippen molar-refractivity contribution in [2.75, 3.05) is 11.9 Å². The topological polar surface area (TPSA) is 139 Å². The minimum Gasteiger partial charge on any atom is -0.450 e. The Hall–Kier alpha value is -3.82. The van der Waals surface area contributed by atoms with Crippen LogP contribution in [0.25, 0.3) is 22.4 Å². The highest BCUT2D eigenvalue weighted by molar-refractivity contribution is 5.91. The molecule has 2 aliphatic rings. The zero-order valence-electron chi connectivity index (χ0n) is 24.7. The van der Waals surface area contributed by atoms with E-state index >= 15 is 0 Å². The van der Waals surface area contributed by atoms with Gasteiger partial charge in [0.05, 0.1) is 12.2 Å². The van der Waals surface area contributed by atoms with Crippen LogP contribution in [0, 0.1) is 5.92 Å². The normalized spacial score (nSPS) is 27.0. The summed E-state index contributed by atoms with van der Waals surface area (Å²) in [5, 5.41) is 25.0. The van der Waals surface area contributed by atoms with Crippen molar-refractivity contribution in [1.82, 2.24) is 15.5 Å². The molecule has 0 atom stereocenters. The molecule has 0 radical (unpaired) electrons. The van der Waals surface area contributed by atoms with Crippen molar-refractivity contribution in [3.8, 4) is 22.4 Å². The van der Waals surface area contributed by atoms with Crippen molar-refractivity contribution in [2.45, 2.75) is 82.4 Å². The molecule has 0 aliphatic heterocycles. The molecular formula is C33H41N5O4. The second-order valence-electron chi connectivity index (χ2n) is 12.5. The quantitative estimate of drug-likeness (QED) is 0.279. The Labute approximate surface area is 247 Å². The van der Waals surface area contributed by atoms with E-state index in [4.69, 9.17) is 10.5 Å². The van der Waals surface area contributed by atoms with Gasteiger partial charge in [-0.3, -0.25) is 4.79 Å². The largest absolute Gasteiger partial charge is 0.450 e. The van der Waals surface area contributed by atoms with Crippen molar-refractivity contribution in [1.29, 1.82) is 0 Å². The number of aliphatic hydroxyl groups is 1. The van der Waals surface area contributed by atoms with E-state index in [1.54, 1.807) is 6.92 Å². The zero-order chi connectivity index (χ0) is 30.0. The van der Waals surface area contributed by atoms with Crippen LogP contribution in [-0.4, -0.2) is 45.1 Å². The van der Waals surface area contributed by atoms with E-state index < -0.39 is 11.1 Å². The number of alkyl carbamates (subject to hydrolysis) is 1. The smallest absolute Gasteiger partial charge is 0.407 e. The van der Waals surface area contributed by atoms with Crippen LogP contribution in [0.15, 0.2) is 60.7 Å². The lowest BCUT2D eigenvalue weighted by Crippen LogP contribution is -2.58. The molecule has 3 aromatic rings. The van der Waals surface area contributed by atoms with E-state index in [0.717, 1.165) is 47.9 Å². The number of hydrogen-bond acceptors (Lipinski definition) is 7. The van der Waals surface area contributed by atoms with Crippen molar-refractivity contribution in [2.24, 2.45) is 11.7 Å². The lowest BCUT2D eigenvalue weighted by molar-refractivity contribution is -0.117. The van der Waals surface area contributed by atoms with Crippen LogP contribution in [-0.2, 0) is 15.1 Å². The van der Waals surface area contributed by atoms with Gasteiger partial charge in [-0.1, -0.05) is 54.6 Å². The van der Waals surface area contributed by atoms with Gasteiger partial charge in [0, 0.05) is 28.6 Å². The van der Waals surface area contributed by atoms with Crippen molar-refractivity contribution >= 4 is 17.8 Å². The number of benzene rings is 2. The first-order valence-electron chi connectivity index (χ1n) is 14.8. The molecule has 42 heavy (non-hydrogen) atoms. The van der Waals surface area contributed by atoms with Crippen molar-refractivity contribution < 1.29 is 19.4 Å². The number of amides is 2. The van der Waals surface area contributed by atoms with Crippen molar-refractivity contribution in [3.05, 3.63) is 66.2 Å². The maximum absolute atomic E-state index is 13.0. The Morgan fingerprint density at radius 2 is 1.67 bits per heavy atom. The van der Waals surface area contributed by atoms with E-state index in [2.05, 4.69) is 20.8 Å². The minimum atomic E-state index is -0.724. The summed E-state index contributed by atoms with van der Waals surface area (Å²) in [6, 6.07) is 19.7. The highest BCUT2D eigenvalue weighted by Crippen LogP contribution is 2.46. The monoisotopic (exact) mass is 571 g/mol. The summed E-state index contributed by atoms with van der Waals surface area (Å²) in [5.41, 5.74) is 9.37. The maximum atomic E-state index is 13.0. The van der Waals surface area contributed by atoms with Crippen LogP contribution >= 0.6 is 0 Å². The molecule has 0 unspecified atom stereocenters.